The van der Waals surface area contributed by atoms with Gasteiger partial charge in [-0.2, -0.15) is 0 Å². The first-order valence-electron chi connectivity index (χ1n) is 3.36. The van der Waals surface area contributed by atoms with Gasteiger partial charge in [-0.1, -0.05) is 0 Å². The van der Waals surface area contributed by atoms with Crippen molar-refractivity contribution in [1.82, 2.24) is 4.98 Å². The largest absolute Gasteiger partial charge is 0.293 e. The van der Waals surface area contributed by atoms with Gasteiger partial charge in [0.1, 0.15) is 6.54 Å². The summed E-state index contributed by atoms with van der Waals surface area (Å²) >= 11 is 0. The molecule has 0 atom stereocenters. The second-order valence-corrected chi connectivity index (χ2v) is 2.34. The number of rotatable bonds is 0. The van der Waals surface area contributed by atoms with Crippen LogP contribution in [0.1, 0.15) is 0 Å². The lowest BCUT2D eigenvalue weighted by molar-refractivity contribution is -0.112. The first-order chi connectivity index (χ1) is 5.36. The molecule has 0 saturated heterocycles. The molecule has 3 nitrogen and oxygen atoms in total. The van der Waals surface area contributed by atoms with Crippen molar-refractivity contribution in [3.05, 3.63) is 29.0 Å². The molecule has 0 amide bonds. The molecule has 1 aliphatic heterocycles. The zero-order valence-corrected chi connectivity index (χ0v) is 5.82. The molecule has 0 spiro atoms. The zero-order valence-electron chi connectivity index (χ0n) is 5.82. The van der Waals surface area contributed by atoms with E-state index in [-0.39, 0.29) is 12.3 Å². The van der Waals surface area contributed by atoms with Crippen LogP contribution in [0.3, 0.4) is 0 Å². The second kappa shape index (κ2) is 2.27. The third-order valence-corrected chi connectivity index (χ3v) is 1.52. The predicted molar refractivity (Wildman–Crippen MR) is 39.4 cm³/mol. The summed E-state index contributed by atoms with van der Waals surface area (Å²) in [4.78, 5) is 18.8. The number of pyridine rings is 1. The lowest BCUT2D eigenvalue weighted by Crippen LogP contribution is -2.33. The number of nitrogens with zero attached hydrogens (tertiary/aromatic N) is 2. The minimum absolute atomic E-state index is 0.0468. The van der Waals surface area contributed by atoms with Gasteiger partial charge in [-0.05, 0) is 18.2 Å². The summed E-state index contributed by atoms with van der Waals surface area (Å²) in [5.41, 5.74) is 0.673. The molecule has 2 rings (SSSR count). The van der Waals surface area contributed by atoms with Crippen molar-refractivity contribution < 1.29 is 4.79 Å². The lowest BCUT2D eigenvalue weighted by Gasteiger charge is -1.95. The van der Waals surface area contributed by atoms with Crippen LogP contribution in [0, 0.1) is 0 Å². The molecule has 0 radical (unpaired) electrons. The van der Waals surface area contributed by atoms with Crippen LogP contribution in [0.2, 0.25) is 0 Å². The Morgan fingerprint density at radius 3 is 3.27 bits per heavy atom. The van der Waals surface area contributed by atoms with Crippen molar-refractivity contribution >= 4 is 11.9 Å². The van der Waals surface area contributed by atoms with Crippen LogP contribution >= 0.6 is 0 Å². The van der Waals surface area contributed by atoms with Gasteiger partial charge in [-0.15, -0.1) is 0 Å². The molecule has 1 aromatic rings. The summed E-state index contributed by atoms with van der Waals surface area (Å²) < 4.78 is 0. The standard InChI is InChI=1S/C8H6N2O/c11-7-4-6-2-1-3-9-8(6)10-5-7/h1-4H,5H2. The Morgan fingerprint density at radius 2 is 2.36 bits per heavy atom. The van der Waals surface area contributed by atoms with Crippen LogP contribution in [-0.2, 0) is 4.79 Å². The maximum absolute atomic E-state index is 10.8. The molecule has 0 aliphatic carbocycles. The Labute approximate surface area is 63.1 Å². The quantitative estimate of drug-likeness (QED) is 0.474. The third-order valence-electron chi connectivity index (χ3n) is 1.52. The fourth-order valence-corrected chi connectivity index (χ4v) is 1.03. The third kappa shape index (κ3) is 1.05. The number of hydrogen-bond acceptors (Lipinski definition) is 3. The van der Waals surface area contributed by atoms with Crippen LogP contribution in [-0.4, -0.2) is 17.3 Å². The van der Waals surface area contributed by atoms with Crippen LogP contribution in [0.15, 0.2) is 23.3 Å². The van der Waals surface area contributed by atoms with Gasteiger partial charge in [-0.3, -0.25) is 9.79 Å². The zero-order chi connectivity index (χ0) is 7.68. The number of fused-ring (bicyclic) bond motifs is 1. The molecule has 0 aromatic carbocycles. The Morgan fingerprint density at radius 1 is 1.45 bits per heavy atom. The highest BCUT2D eigenvalue weighted by molar-refractivity contribution is 6.07. The fourth-order valence-electron chi connectivity index (χ4n) is 1.03. The fraction of sp³-hybridized carbons (Fsp3) is 0.125. The molecule has 0 fully saturated rings. The molecule has 2 heterocycles. The highest BCUT2D eigenvalue weighted by atomic mass is 16.1. The van der Waals surface area contributed by atoms with E-state index < -0.39 is 0 Å². The minimum Gasteiger partial charge on any atom is -0.293 e. The summed E-state index contributed by atoms with van der Waals surface area (Å²) in [5.74, 6) is 0.0468. The number of ketones is 1. The van der Waals surface area contributed by atoms with Crippen molar-refractivity contribution in [2.75, 3.05) is 6.54 Å². The summed E-state index contributed by atoms with van der Waals surface area (Å²) in [6, 6.07) is 3.63. The van der Waals surface area contributed by atoms with Crippen molar-refractivity contribution in [2.24, 2.45) is 4.99 Å². The Balaban J connectivity index is 2.83. The smallest absolute Gasteiger partial charge is 0.177 e. The van der Waals surface area contributed by atoms with Gasteiger partial charge in [0.25, 0.3) is 0 Å². The average Bonchev–Trinajstić information content (AvgIpc) is 2.04. The summed E-state index contributed by atoms with van der Waals surface area (Å²) in [6.07, 6.45) is 3.25. The first kappa shape index (κ1) is 6.22. The van der Waals surface area contributed by atoms with Gasteiger partial charge in [0, 0.05) is 11.4 Å². The van der Waals surface area contributed by atoms with Gasteiger partial charge in [0.2, 0.25) is 0 Å². The predicted octanol–water partition coefficient (Wildman–Crippen LogP) is -0.936. The van der Waals surface area contributed by atoms with E-state index in [2.05, 4.69) is 9.98 Å². The molecule has 54 valence electrons. The van der Waals surface area contributed by atoms with Gasteiger partial charge >= 0.3 is 0 Å². The summed E-state index contributed by atoms with van der Waals surface area (Å²) in [7, 11) is 0. The monoisotopic (exact) mass is 146 g/mol. The van der Waals surface area contributed by atoms with E-state index in [0.29, 0.717) is 5.49 Å². The van der Waals surface area contributed by atoms with Crippen molar-refractivity contribution in [2.45, 2.75) is 0 Å². The van der Waals surface area contributed by atoms with Gasteiger partial charge < -0.3 is 0 Å². The SMILES string of the molecule is O=C1C=c2cccnc2=NC1. The van der Waals surface area contributed by atoms with Gasteiger partial charge in [-0.25, -0.2) is 4.98 Å². The summed E-state index contributed by atoms with van der Waals surface area (Å²) in [6.45, 7) is 0.240. The maximum atomic E-state index is 10.8. The van der Waals surface area contributed by atoms with Crippen LogP contribution in [0.25, 0.3) is 6.08 Å². The highest BCUT2D eigenvalue weighted by Crippen LogP contribution is 1.79. The molecule has 3 heteroatoms. The Bertz CT molecular complexity index is 408. The van der Waals surface area contributed by atoms with E-state index in [1.54, 1.807) is 18.3 Å². The van der Waals surface area contributed by atoms with E-state index in [4.69, 9.17) is 0 Å². The molecule has 0 bridgehead atoms. The number of carbonyl (C=O) groups excluding carboxylic acids is 1. The molecule has 11 heavy (non-hydrogen) atoms. The molecular weight excluding hydrogens is 140 g/mol. The Hall–Kier alpha value is -1.51. The van der Waals surface area contributed by atoms with E-state index >= 15 is 0 Å². The Kier molecular flexibility index (Phi) is 1.28. The van der Waals surface area contributed by atoms with Gasteiger partial charge in [0.05, 0.1) is 0 Å². The van der Waals surface area contributed by atoms with Crippen molar-refractivity contribution in [3.8, 4) is 0 Å². The molecule has 1 aliphatic rings. The minimum atomic E-state index is 0.0468. The molecular formula is C8H6N2O. The maximum Gasteiger partial charge on any atom is 0.177 e. The number of Topliss-reactive ketones (excluding diaryl/α,β-unsaturated/α-hetero) is 1. The van der Waals surface area contributed by atoms with E-state index in [1.807, 2.05) is 6.07 Å². The average molecular weight is 146 g/mol. The number of hydrogen-bond donors (Lipinski definition) is 0. The van der Waals surface area contributed by atoms with Gasteiger partial charge in [0.15, 0.2) is 11.3 Å². The topological polar surface area (TPSA) is 42.3 Å². The second-order valence-electron chi connectivity index (χ2n) is 2.34. The van der Waals surface area contributed by atoms with E-state index in [1.165, 1.54) is 0 Å². The van der Waals surface area contributed by atoms with Crippen molar-refractivity contribution in [1.29, 1.82) is 0 Å². The number of carbonyl (C=O) groups is 1. The highest BCUT2D eigenvalue weighted by Gasteiger charge is 2.00. The molecule has 0 saturated carbocycles. The first-order valence-corrected chi connectivity index (χ1v) is 3.36. The van der Waals surface area contributed by atoms with Crippen LogP contribution in [0.5, 0.6) is 0 Å². The van der Waals surface area contributed by atoms with Crippen LogP contribution < -0.4 is 10.7 Å². The normalized spacial score (nSPS) is 14.7. The van der Waals surface area contributed by atoms with Crippen molar-refractivity contribution in [3.63, 3.8) is 0 Å². The molecule has 1 aromatic heterocycles. The number of aromatic nitrogens is 1. The summed E-state index contributed by atoms with van der Waals surface area (Å²) in [5, 5.41) is 0.823. The van der Waals surface area contributed by atoms with E-state index in [9.17, 15) is 4.79 Å². The lowest BCUT2D eigenvalue weighted by atomic mass is 10.2. The van der Waals surface area contributed by atoms with Crippen LogP contribution in [0.4, 0.5) is 0 Å². The molecule has 0 N–H and O–H groups in total. The molecule has 0 unspecified atom stereocenters. The van der Waals surface area contributed by atoms with E-state index in [0.717, 1.165) is 5.22 Å².